The minimum atomic E-state index is -0.914. The fourth-order valence-electron chi connectivity index (χ4n) is 2.30. The van der Waals surface area contributed by atoms with Crippen LogP contribution in [0.15, 0.2) is 53.0 Å². The lowest BCUT2D eigenvalue weighted by molar-refractivity contribution is -0.145. The Labute approximate surface area is 164 Å². The van der Waals surface area contributed by atoms with Crippen LogP contribution >= 0.6 is 15.9 Å². The molecule has 0 aliphatic heterocycles. The second-order valence-electron chi connectivity index (χ2n) is 5.57. The molecule has 0 aromatic heterocycles. The molecule has 0 radical (unpaired) electrons. The average Bonchev–Trinajstić information content (AvgIpc) is 2.67. The Kier molecular flexibility index (Phi) is 7.36. The molecule has 0 fully saturated rings. The maximum atomic E-state index is 12.1. The number of amides is 1. The van der Waals surface area contributed by atoms with Gasteiger partial charge in [-0.05, 0) is 23.8 Å². The van der Waals surface area contributed by atoms with Crippen LogP contribution in [0, 0.1) is 0 Å². The van der Waals surface area contributed by atoms with E-state index in [1.165, 1.54) is 19.2 Å². The van der Waals surface area contributed by atoms with Crippen LogP contribution in [-0.4, -0.2) is 42.7 Å². The van der Waals surface area contributed by atoms with Gasteiger partial charge in [0.2, 0.25) is 0 Å². The number of halogens is 1. The van der Waals surface area contributed by atoms with Gasteiger partial charge in [0.05, 0.1) is 7.11 Å². The summed E-state index contributed by atoms with van der Waals surface area (Å²) in [5.41, 5.74) is 0.759. The van der Waals surface area contributed by atoms with Crippen LogP contribution in [0.25, 0.3) is 0 Å². The summed E-state index contributed by atoms with van der Waals surface area (Å²) >= 11 is 3.18. The zero-order valence-corrected chi connectivity index (χ0v) is 16.1. The summed E-state index contributed by atoms with van der Waals surface area (Å²) in [5.74, 6) is -2.39. The average molecular weight is 436 g/mol. The lowest BCUT2D eigenvalue weighted by Crippen LogP contribution is -2.44. The maximum absolute atomic E-state index is 12.1. The Morgan fingerprint density at radius 3 is 2.52 bits per heavy atom. The topological polar surface area (TPSA) is 102 Å². The maximum Gasteiger partial charge on any atom is 0.342 e. The SMILES string of the molecule is COC(=O)C(Cc1ccccc1)NC(=O)COC(=O)c1cc(Br)ccc1O. The number of ether oxygens (including phenoxy) is 2. The molecule has 1 amide bonds. The molecule has 2 aromatic carbocycles. The van der Waals surface area contributed by atoms with Gasteiger partial charge in [-0.15, -0.1) is 0 Å². The summed E-state index contributed by atoms with van der Waals surface area (Å²) in [4.78, 5) is 36.0. The fourth-order valence-corrected chi connectivity index (χ4v) is 2.66. The number of phenolic OH excluding ortho intramolecular Hbond substituents is 1. The van der Waals surface area contributed by atoms with Crippen molar-refractivity contribution in [1.29, 1.82) is 0 Å². The lowest BCUT2D eigenvalue weighted by atomic mass is 10.1. The highest BCUT2D eigenvalue weighted by molar-refractivity contribution is 9.10. The molecule has 0 aliphatic rings. The van der Waals surface area contributed by atoms with Crippen molar-refractivity contribution >= 4 is 33.8 Å². The van der Waals surface area contributed by atoms with Gasteiger partial charge in [0, 0.05) is 10.9 Å². The van der Waals surface area contributed by atoms with Crippen LogP contribution in [0.5, 0.6) is 5.75 Å². The minimum absolute atomic E-state index is 0.0778. The molecule has 1 unspecified atom stereocenters. The molecular formula is C19H18BrNO6. The molecule has 0 aliphatic carbocycles. The van der Waals surface area contributed by atoms with Gasteiger partial charge in [-0.3, -0.25) is 4.79 Å². The molecule has 0 saturated heterocycles. The van der Waals surface area contributed by atoms with Crippen LogP contribution < -0.4 is 5.32 Å². The molecule has 27 heavy (non-hydrogen) atoms. The number of methoxy groups -OCH3 is 1. The lowest BCUT2D eigenvalue weighted by Gasteiger charge is -2.16. The van der Waals surface area contributed by atoms with Crippen molar-refractivity contribution in [2.24, 2.45) is 0 Å². The van der Waals surface area contributed by atoms with E-state index >= 15 is 0 Å². The van der Waals surface area contributed by atoms with Gasteiger partial charge in [-0.25, -0.2) is 9.59 Å². The number of carbonyl (C=O) groups excluding carboxylic acids is 3. The second kappa shape index (κ2) is 9.72. The molecule has 1 atom stereocenters. The van der Waals surface area contributed by atoms with Crippen LogP contribution in [0.3, 0.4) is 0 Å². The Bertz CT molecular complexity index is 824. The first kappa shape index (κ1) is 20.4. The number of nitrogens with one attached hydrogen (secondary N) is 1. The number of hydrogen-bond donors (Lipinski definition) is 2. The van der Waals surface area contributed by atoms with Crippen molar-refractivity contribution in [3.8, 4) is 5.75 Å². The zero-order chi connectivity index (χ0) is 19.8. The predicted octanol–water partition coefficient (Wildman–Crippen LogP) is 2.21. The van der Waals surface area contributed by atoms with E-state index in [1.807, 2.05) is 30.3 Å². The minimum Gasteiger partial charge on any atom is -0.507 e. The molecule has 0 saturated carbocycles. The van der Waals surface area contributed by atoms with Crippen LogP contribution in [-0.2, 0) is 25.5 Å². The highest BCUT2D eigenvalue weighted by Gasteiger charge is 2.23. The number of hydrogen-bond acceptors (Lipinski definition) is 6. The van der Waals surface area contributed by atoms with Crippen LogP contribution in [0.4, 0.5) is 0 Å². The molecule has 7 nitrogen and oxygen atoms in total. The zero-order valence-electron chi connectivity index (χ0n) is 14.5. The van der Waals surface area contributed by atoms with Gasteiger partial charge in [-0.2, -0.15) is 0 Å². The first-order valence-corrected chi connectivity index (χ1v) is 8.76. The van der Waals surface area contributed by atoms with E-state index in [0.29, 0.717) is 4.47 Å². The second-order valence-corrected chi connectivity index (χ2v) is 6.49. The van der Waals surface area contributed by atoms with Crippen molar-refractivity contribution in [1.82, 2.24) is 5.32 Å². The summed E-state index contributed by atoms with van der Waals surface area (Å²) in [5, 5.41) is 12.2. The molecule has 2 rings (SSSR count). The number of carbonyl (C=O) groups is 3. The third kappa shape index (κ3) is 6.10. The standard InChI is InChI=1S/C19H18BrNO6/c1-26-19(25)15(9-12-5-3-2-4-6-12)21-17(23)11-27-18(24)14-10-13(20)7-8-16(14)22/h2-8,10,15,22H,9,11H2,1H3,(H,21,23). The molecule has 0 heterocycles. The first-order chi connectivity index (χ1) is 12.9. The molecule has 0 bridgehead atoms. The fraction of sp³-hybridized carbons (Fsp3) is 0.211. The highest BCUT2D eigenvalue weighted by Crippen LogP contribution is 2.22. The van der Waals surface area contributed by atoms with E-state index in [1.54, 1.807) is 6.07 Å². The number of phenols is 1. The van der Waals surface area contributed by atoms with Crippen molar-refractivity contribution in [2.75, 3.05) is 13.7 Å². The molecule has 142 valence electrons. The molecule has 8 heteroatoms. The summed E-state index contributed by atoms with van der Waals surface area (Å²) < 4.78 is 10.2. The van der Waals surface area contributed by atoms with E-state index in [0.717, 1.165) is 5.56 Å². The third-order valence-electron chi connectivity index (χ3n) is 3.62. The Balaban J connectivity index is 1.96. The normalized spacial score (nSPS) is 11.3. The molecule has 2 N–H and O–H groups in total. The smallest absolute Gasteiger partial charge is 0.342 e. The number of benzene rings is 2. The summed E-state index contributed by atoms with van der Waals surface area (Å²) in [6.45, 7) is -0.604. The first-order valence-electron chi connectivity index (χ1n) is 7.97. The van der Waals surface area contributed by atoms with E-state index in [9.17, 15) is 19.5 Å². The number of aromatic hydroxyl groups is 1. The Morgan fingerprint density at radius 1 is 1.15 bits per heavy atom. The van der Waals surface area contributed by atoms with E-state index < -0.39 is 30.5 Å². The monoisotopic (exact) mass is 435 g/mol. The quantitative estimate of drug-likeness (QED) is 0.646. The van der Waals surface area contributed by atoms with Gasteiger partial charge in [-0.1, -0.05) is 46.3 Å². The van der Waals surface area contributed by atoms with E-state index in [4.69, 9.17) is 9.47 Å². The van der Waals surface area contributed by atoms with Crippen LogP contribution in [0.1, 0.15) is 15.9 Å². The van der Waals surface area contributed by atoms with Gasteiger partial charge in [0.25, 0.3) is 5.91 Å². The molecular weight excluding hydrogens is 418 g/mol. The summed E-state index contributed by atoms with van der Waals surface area (Å²) in [6, 6.07) is 12.5. The van der Waals surface area contributed by atoms with Crippen molar-refractivity contribution in [3.63, 3.8) is 0 Å². The van der Waals surface area contributed by atoms with Gasteiger partial charge in [0.1, 0.15) is 17.4 Å². The van der Waals surface area contributed by atoms with Gasteiger partial charge in [0.15, 0.2) is 6.61 Å². The highest BCUT2D eigenvalue weighted by atomic mass is 79.9. The Morgan fingerprint density at radius 2 is 1.85 bits per heavy atom. The number of esters is 2. The van der Waals surface area contributed by atoms with Crippen molar-refractivity contribution in [3.05, 3.63) is 64.1 Å². The predicted molar refractivity (Wildman–Crippen MR) is 100 cm³/mol. The largest absolute Gasteiger partial charge is 0.507 e. The summed E-state index contributed by atoms with van der Waals surface area (Å²) in [7, 11) is 1.22. The van der Waals surface area contributed by atoms with E-state index in [-0.39, 0.29) is 17.7 Å². The van der Waals surface area contributed by atoms with E-state index in [2.05, 4.69) is 21.2 Å². The summed E-state index contributed by atoms with van der Waals surface area (Å²) in [6.07, 6.45) is 0.236. The van der Waals surface area contributed by atoms with Gasteiger partial charge < -0.3 is 19.9 Å². The van der Waals surface area contributed by atoms with Crippen LogP contribution in [0.2, 0.25) is 0 Å². The molecule has 0 spiro atoms. The third-order valence-corrected chi connectivity index (χ3v) is 4.11. The Hall–Kier alpha value is -2.87. The van der Waals surface area contributed by atoms with Crippen molar-refractivity contribution < 1.29 is 29.0 Å². The number of rotatable bonds is 7. The van der Waals surface area contributed by atoms with Gasteiger partial charge >= 0.3 is 11.9 Å². The molecule has 2 aromatic rings. The van der Waals surface area contributed by atoms with Crippen molar-refractivity contribution in [2.45, 2.75) is 12.5 Å².